The minimum absolute atomic E-state index is 0.267. The Hall–Kier alpha value is -1.12. The zero-order valence-corrected chi connectivity index (χ0v) is 7.98. The average molecular weight is 170 g/mol. The van der Waals surface area contributed by atoms with E-state index in [9.17, 15) is 4.39 Å². The van der Waals surface area contributed by atoms with Crippen LogP contribution in [0.3, 0.4) is 0 Å². The lowest BCUT2D eigenvalue weighted by Gasteiger charge is -1.99. The van der Waals surface area contributed by atoms with Gasteiger partial charge in [-0.3, -0.25) is 0 Å². The number of hydrogen-bond acceptors (Lipinski definition) is 2. The molecule has 0 unspecified atom stereocenters. The van der Waals surface area contributed by atoms with E-state index < -0.39 is 5.95 Å². The molecule has 68 valence electrons. The van der Waals surface area contributed by atoms with E-state index >= 15 is 0 Å². The summed E-state index contributed by atoms with van der Waals surface area (Å²) in [5.74, 6) is -0.216. The molecule has 1 heterocycles. The van der Waals surface area contributed by atoms with Crippen molar-refractivity contribution in [3.63, 3.8) is 0 Å². The molecule has 2 N–H and O–H groups in total. The summed E-state index contributed by atoms with van der Waals surface area (Å²) >= 11 is 0. The van der Waals surface area contributed by atoms with E-state index in [1.807, 2.05) is 13.8 Å². The van der Waals surface area contributed by atoms with Crippen LogP contribution < -0.4 is 5.73 Å². The van der Waals surface area contributed by atoms with Crippen molar-refractivity contribution in [2.75, 3.05) is 5.73 Å². The van der Waals surface area contributed by atoms with Gasteiger partial charge in [-0.1, -0.05) is 13.8 Å². The Morgan fingerprint density at radius 3 is 2.17 bits per heavy atom. The van der Waals surface area contributed by atoms with Gasteiger partial charge in [0, 0.05) is 5.56 Å². The lowest BCUT2D eigenvalue weighted by Crippen LogP contribution is -1.98. The lowest BCUT2D eigenvalue weighted by molar-refractivity contribution is 0.576. The zero-order valence-electron chi connectivity index (χ0n) is 7.98. The van der Waals surface area contributed by atoms with E-state index in [-0.39, 0.29) is 5.82 Å². The minimum Gasteiger partial charge on any atom is -0.383 e. The first-order chi connectivity index (χ1) is 5.61. The Morgan fingerprint density at radius 2 is 1.75 bits per heavy atom. The molecule has 12 heavy (non-hydrogen) atoms. The van der Waals surface area contributed by atoms with E-state index in [0.717, 1.165) is 5.56 Å². The summed E-state index contributed by atoms with van der Waals surface area (Å²) in [7, 11) is 0. The molecule has 0 aliphatic carbocycles. The van der Waals surface area contributed by atoms with Crippen LogP contribution >= 0.6 is 0 Å². The first-order valence-electron chi connectivity index (χ1n) is 4.00. The first kappa shape index (κ1) is 10.9. The zero-order chi connectivity index (χ0) is 9.72. The summed E-state index contributed by atoms with van der Waals surface area (Å²) in [5, 5.41) is 0. The summed E-state index contributed by atoms with van der Waals surface area (Å²) < 4.78 is 12.6. The van der Waals surface area contributed by atoms with E-state index in [4.69, 9.17) is 5.73 Å². The topological polar surface area (TPSA) is 38.9 Å². The van der Waals surface area contributed by atoms with Crippen LogP contribution in [0.1, 0.15) is 25.0 Å². The van der Waals surface area contributed by atoms with Gasteiger partial charge in [-0.2, -0.15) is 4.39 Å². The fourth-order valence-electron chi connectivity index (χ4n) is 0.740. The molecule has 0 aliphatic rings. The number of anilines is 1. The van der Waals surface area contributed by atoms with Crippen molar-refractivity contribution < 1.29 is 4.39 Å². The molecule has 1 aromatic heterocycles. The van der Waals surface area contributed by atoms with Crippen molar-refractivity contribution in [3.8, 4) is 0 Å². The summed E-state index contributed by atoms with van der Waals surface area (Å²) in [6.07, 6.45) is 0. The largest absolute Gasteiger partial charge is 0.383 e. The molecule has 0 aliphatic heterocycles. The summed E-state index contributed by atoms with van der Waals surface area (Å²) in [4.78, 5) is 3.48. The fourth-order valence-corrected chi connectivity index (χ4v) is 0.740. The van der Waals surface area contributed by atoms with Gasteiger partial charge in [-0.25, -0.2) is 4.98 Å². The molecular weight excluding hydrogens is 155 g/mol. The highest BCUT2D eigenvalue weighted by Crippen LogP contribution is 2.11. The van der Waals surface area contributed by atoms with Gasteiger partial charge in [0.15, 0.2) is 0 Å². The van der Waals surface area contributed by atoms with Crippen molar-refractivity contribution in [2.24, 2.45) is 0 Å². The SMILES string of the molecule is CC.Cc1cc(C)c(F)nc1N. The molecule has 0 aromatic carbocycles. The molecule has 0 spiro atoms. The van der Waals surface area contributed by atoms with Crippen molar-refractivity contribution in [1.29, 1.82) is 0 Å². The highest BCUT2D eigenvalue weighted by atomic mass is 19.1. The number of nitrogens with zero attached hydrogens (tertiary/aromatic N) is 1. The molecule has 1 aromatic rings. The summed E-state index contributed by atoms with van der Waals surface area (Å²) in [5.41, 5.74) is 6.69. The number of aromatic nitrogens is 1. The van der Waals surface area contributed by atoms with Crippen LogP contribution in [-0.4, -0.2) is 4.98 Å². The van der Waals surface area contributed by atoms with Crippen LogP contribution in [-0.2, 0) is 0 Å². The number of rotatable bonds is 0. The lowest BCUT2D eigenvalue weighted by atomic mass is 10.2. The van der Waals surface area contributed by atoms with Crippen LogP contribution in [0.5, 0.6) is 0 Å². The molecule has 0 radical (unpaired) electrons. The summed E-state index contributed by atoms with van der Waals surface area (Å²) in [6.45, 7) is 7.46. The summed E-state index contributed by atoms with van der Waals surface area (Å²) in [6, 6.07) is 1.68. The third-order valence-electron chi connectivity index (χ3n) is 1.38. The monoisotopic (exact) mass is 170 g/mol. The number of aryl methyl sites for hydroxylation is 2. The van der Waals surface area contributed by atoms with Crippen molar-refractivity contribution >= 4 is 5.82 Å². The van der Waals surface area contributed by atoms with E-state index in [2.05, 4.69) is 4.98 Å². The third-order valence-corrected chi connectivity index (χ3v) is 1.38. The molecule has 2 nitrogen and oxygen atoms in total. The van der Waals surface area contributed by atoms with Crippen LogP contribution in [0.15, 0.2) is 6.07 Å². The van der Waals surface area contributed by atoms with Gasteiger partial charge in [0.1, 0.15) is 5.82 Å². The molecule has 0 atom stereocenters. The predicted molar refractivity (Wildman–Crippen MR) is 49.4 cm³/mol. The van der Waals surface area contributed by atoms with Gasteiger partial charge in [0.2, 0.25) is 5.95 Å². The van der Waals surface area contributed by atoms with Crippen LogP contribution in [0.25, 0.3) is 0 Å². The first-order valence-corrected chi connectivity index (χ1v) is 4.00. The molecule has 0 bridgehead atoms. The van der Waals surface area contributed by atoms with E-state index in [1.54, 1.807) is 19.9 Å². The van der Waals surface area contributed by atoms with Crippen LogP contribution in [0.4, 0.5) is 10.2 Å². The van der Waals surface area contributed by atoms with E-state index in [1.165, 1.54) is 0 Å². The van der Waals surface area contributed by atoms with Gasteiger partial charge < -0.3 is 5.73 Å². The van der Waals surface area contributed by atoms with Gasteiger partial charge in [0.25, 0.3) is 0 Å². The second kappa shape index (κ2) is 4.70. The molecule has 3 heteroatoms. The molecule has 0 saturated heterocycles. The van der Waals surface area contributed by atoms with Gasteiger partial charge in [-0.15, -0.1) is 0 Å². The van der Waals surface area contributed by atoms with Crippen LogP contribution in [0.2, 0.25) is 0 Å². The Morgan fingerprint density at radius 1 is 1.25 bits per heavy atom. The smallest absolute Gasteiger partial charge is 0.217 e. The third kappa shape index (κ3) is 2.49. The fraction of sp³-hybridized carbons (Fsp3) is 0.444. The second-order valence-electron chi connectivity index (χ2n) is 2.30. The van der Waals surface area contributed by atoms with Gasteiger partial charge in [0.05, 0.1) is 0 Å². The van der Waals surface area contributed by atoms with Gasteiger partial charge in [-0.05, 0) is 25.5 Å². The Balaban J connectivity index is 0.000000561. The maximum atomic E-state index is 12.6. The standard InChI is InChI=1S/C7H9FN2.C2H6/c1-4-3-5(2)7(9)10-6(4)8;1-2/h3H,1-2H3,(H2,9,10);1-2H3. The second-order valence-corrected chi connectivity index (χ2v) is 2.30. The number of pyridine rings is 1. The van der Waals surface area contributed by atoms with Crippen molar-refractivity contribution in [2.45, 2.75) is 27.7 Å². The molecule has 0 amide bonds. The molecule has 0 fully saturated rings. The maximum Gasteiger partial charge on any atom is 0.217 e. The number of hydrogen-bond donors (Lipinski definition) is 1. The highest BCUT2D eigenvalue weighted by Gasteiger charge is 2.00. The molecule has 1 rings (SSSR count). The van der Waals surface area contributed by atoms with E-state index in [0.29, 0.717) is 5.56 Å². The maximum absolute atomic E-state index is 12.6. The molecule has 0 saturated carbocycles. The Labute approximate surface area is 72.6 Å². The Kier molecular flexibility index (Phi) is 4.26. The normalized spacial score (nSPS) is 8.75. The molecular formula is C9H15FN2. The quantitative estimate of drug-likeness (QED) is 0.607. The van der Waals surface area contributed by atoms with Crippen molar-refractivity contribution in [1.82, 2.24) is 4.98 Å². The Bertz CT molecular complexity index is 209. The van der Waals surface area contributed by atoms with Crippen LogP contribution in [0, 0.1) is 19.8 Å². The number of nitrogen functional groups attached to an aromatic ring is 1. The highest BCUT2D eigenvalue weighted by molar-refractivity contribution is 5.39. The number of halogens is 1. The average Bonchev–Trinajstić information content (AvgIpc) is 2.05. The van der Waals surface area contributed by atoms with Gasteiger partial charge >= 0.3 is 0 Å². The predicted octanol–water partition coefficient (Wildman–Crippen LogP) is 2.45. The van der Waals surface area contributed by atoms with Crippen molar-refractivity contribution in [3.05, 3.63) is 23.1 Å². The minimum atomic E-state index is -0.483. The number of nitrogens with two attached hydrogens (primary N) is 1.